The van der Waals surface area contributed by atoms with Crippen LogP contribution in [0.3, 0.4) is 0 Å². The Labute approximate surface area is 237 Å². The summed E-state index contributed by atoms with van der Waals surface area (Å²) in [7, 11) is -3.22. The van der Waals surface area contributed by atoms with Crippen molar-refractivity contribution in [3.63, 3.8) is 0 Å². The monoisotopic (exact) mass is 578 g/mol. The van der Waals surface area contributed by atoms with E-state index in [0.717, 1.165) is 44.0 Å². The lowest BCUT2D eigenvalue weighted by molar-refractivity contribution is -0.137. The molecule has 1 atom stereocenters. The van der Waals surface area contributed by atoms with E-state index < -0.39 is 15.8 Å². The zero-order chi connectivity index (χ0) is 28.4. The number of benzene rings is 3. The van der Waals surface area contributed by atoms with Gasteiger partial charge in [-0.25, -0.2) is 8.42 Å². The van der Waals surface area contributed by atoms with E-state index in [1.54, 1.807) is 12.1 Å². The molecule has 4 aromatic rings. The Hall–Kier alpha value is -3.82. The van der Waals surface area contributed by atoms with Gasteiger partial charge in [-0.05, 0) is 78.1 Å². The van der Waals surface area contributed by atoms with Gasteiger partial charge in [-0.1, -0.05) is 24.3 Å². The maximum atomic E-state index is 11.7. The molecule has 5 rings (SSSR count). The summed E-state index contributed by atoms with van der Waals surface area (Å²) in [4.78, 5) is 11.9. The predicted octanol–water partition coefficient (Wildman–Crippen LogP) is 6.54. The lowest BCUT2D eigenvalue weighted by Crippen LogP contribution is -2.07. The Morgan fingerprint density at radius 1 is 0.975 bits per heavy atom. The van der Waals surface area contributed by atoms with E-state index in [9.17, 15) is 13.2 Å². The largest absolute Gasteiger partial charge is 0.492 e. The van der Waals surface area contributed by atoms with Gasteiger partial charge in [-0.2, -0.15) is 0 Å². The first-order chi connectivity index (χ1) is 19.1. The van der Waals surface area contributed by atoms with Crippen molar-refractivity contribution in [3.05, 3.63) is 93.9 Å². The summed E-state index contributed by atoms with van der Waals surface area (Å²) < 4.78 is 41.6. The van der Waals surface area contributed by atoms with Gasteiger partial charge in [0.2, 0.25) is 0 Å². The first kappa shape index (κ1) is 27.7. The molecule has 2 heterocycles. The molecular weight excluding hydrogens is 548 g/mol. The van der Waals surface area contributed by atoms with Crippen LogP contribution in [-0.2, 0) is 27.8 Å². The molecule has 7 nitrogen and oxygen atoms in total. The molecule has 0 spiro atoms. The number of thiophene rings is 1. The third kappa shape index (κ3) is 6.32. The Morgan fingerprint density at radius 2 is 1.73 bits per heavy atom. The first-order valence-corrected chi connectivity index (χ1v) is 15.5. The molecule has 9 heteroatoms. The van der Waals surface area contributed by atoms with Crippen LogP contribution in [0, 0.1) is 13.8 Å². The second-order valence-electron chi connectivity index (χ2n) is 10.0. The fourth-order valence-electron chi connectivity index (χ4n) is 4.96. The number of aryl methyl sites for hydroxylation is 2. The lowest BCUT2D eigenvalue weighted by atomic mass is 9.94. The number of fused-ring (bicyclic) bond motifs is 1. The van der Waals surface area contributed by atoms with Crippen molar-refractivity contribution >= 4 is 27.1 Å². The summed E-state index contributed by atoms with van der Waals surface area (Å²) in [5.74, 6) is 1.11. The number of sulfone groups is 1. The Balaban J connectivity index is 1.26. The molecule has 1 aliphatic heterocycles. The second kappa shape index (κ2) is 11.3. The van der Waals surface area contributed by atoms with Gasteiger partial charge in [-0.15, -0.1) is 11.3 Å². The Bertz CT molecular complexity index is 1650. The van der Waals surface area contributed by atoms with Crippen LogP contribution in [0.1, 0.15) is 39.5 Å². The predicted molar refractivity (Wildman–Crippen MR) is 154 cm³/mol. The molecule has 0 saturated heterocycles. The molecule has 0 bridgehead atoms. The van der Waals surface area contributed by atoms with Crippen LogP contribution in [0.4, 0.5) is 0 Å². The number of aliphatic carboxylic acids is 1. The summed E-state index contributed by atoms with van der Waals surface area (Å²) in [5.41, 5.74) is 6.27. The minimum absolute atomic E-state index is 0.0484. The molecule has 40 heavy (non-hydrogen) atoms. The van der Waals surface area contributed by atoms with Gasteiger partial charge < -0.3 is 19.3 Å². The third-order valence-electron chi connectivity index (χ3n) is 6.80. The van der Waals surface area contributed by atoms with E-state index in [4.69, 9.17) is 19.3 Å². The summed E-state index contributed by atoms with van der Waals surface area (Å²) in [6.07, 6.45) is 1.26. The van der Waals surface area contributed by atoms with Gasteiger partial charge in [0.25, 0.3) is 0 Å². The molecule has 0 amide bonds. The number of carboxylic acid groups (broad SMARTS) is 1. The zero-order valence-corrected chi connectivity index (χ0v) is 24.1. The fourth-order valence-corrected chi connectivity index (χ4v) is 6.85. The van der Waals surface area contributed by atoms with Gasteiger partial charge >= 0.3 is 5.97 Å². The van der Waals surface area contributed by atoms with E-state index >= 15 is 0 Å². The van der Waals surface area contributed by atoms with Crippen molar-refractivity contribution in [2.75, 3.05) is 12.9 Å². The summed E-state index contributed by atoms with van der Waals surface area (Å²) >= 11 is 1.23. The van der Waals surface area contributed by atoms with Crippen molar-refractivity contribution < 1.29 is 32.5 Å². The van der Waals surface area contributed by atoms with E-state index in [-0.39, 0.29) is 12.3 Å². The highest BCUT2D eigenvalue weighted by atomic mass is 32.2. The van der Waals surface area contributed by atoms with E-state index in [1.165, 1.54) is 17.6 Å². The molecule has 1 aliphatic rings. The van der Waals surface area contributed by atoms with Gasteiger partial charge in [0.1, 0.15) is 34.7 Å². The van der Waals surface area contributed by atoms with E-state index in [0.29, 0.717) is 35.5 Å². The normalized spacial score (nSPS) is 14.4. The molecule has 0 aliphatic carbocycles. The number of rotatable bonds is 10. The molecular formula is C31H30O7S2. The van der Waals surface area contributed by atoms with Crippen LogP contribution in [0.2, 0.25) is 0 Å². The molecule has 0 saturated carbocycles. The average molecular weight is 579 g/mol. The summed E-state index contributed by atoms with van der Waals surface area (Å²) in [6, 6.07) is 21.2. The molecule has 208 valence electrons. The Kier molecular flexibility index (Phi) is 7.87. The molecule has 0 radical (unpaired) electrons. The summed E-state index contributed by atoms with van der Waals surface area (Å²) in [6.45, 7) is 5.15. The summed E-state index contributed by atoms with van der Waals surface area (Å²) in [5, 5.41) is 9.10. The third-order valence-corrected chi connectivity index (χ3v) is 9.68. The SMILES string of the molecule is Cc1cc(OCc2ccc(S(C)(=O)=O)s2)cc(C)c1-c1cccc(COc2ccc3c(c2)OCC3CC(=O)O)c1. The van der Waals surface area contributed by atoms with Crippen LogP contribution in [0.15, 0.2) is 70.9 Å². The van der Waals surface area contributed by atoms with Crippen LogP contribution >= 0.6 is 11.3 Å². The minimum Gasteiger partial charge on any atom is -0.492 e. The smallest absolute Gasteiger partial charge is 0.304 e. The van der Waals surface area contributed by atoms with Gasteiger partial charge in [-0.3, -0.25) is 4.79 Å². The highest BCUT2D eigenvalue weighted by molar-refractivity contribution is 7.92. The van der Waals surface area contributed by atoms with Crippen LogP contribution in [0.5, 0.6) is 17.2 Å². The topological polar surface area (TPSA) is 99.1 Å². The fraction of sp³-hybridized carbons (Fsp3) is 0.258. The maximum absolute atomic E-state index is 11.7. The van der Waals surface area contributed by atoms with Crippen molar-refractivity contribution in [1.82, 2.24) is 0 Å². The van der Waals surface area contributed by atoms with Crippen molar-refractivity contribution in [2.45, 2.75) is 43.6 Å². The van der Waals surface area contributed by atoms with Gasteiger partial charge in [0.15, 0.2) is 9.84 Å². The van der Waals surface area contributed by atoms with Crippen molar-refractivity contribution in [2.24, 2.45) is 0 Å². The number of ether oxygens (including phenoxy) is 3. The van der Waals surface area contributed by atoms with E-state index in [2.05, 4.69) is 12.1 Å². The van der Waals surface area contributed by atoms with Crippen molar-refractivity contribution in [1.29, 1.82) is 0 Å². The number of carbonyl (C=O) groups is 1. The molecule has 3 aromatic carbocycles. The standard InChI is InChI=1S/C31H30O7S2/c1-19-11-25(37-18-26-8-10-30(39-26)40(3,34)35)12-20(2)31(19)22-6-4-5-21(13-22)16-36-24-7-9-27-23(14-29(32)33)17-38-28(27)15-24/h4-13,15,23H,14,16-18H2,1-3H3,(H,32,33). The number of hydrogen-bond acceptors (Lipinski definition) is 7. The molecule has 1 N–H and O–H groups in total. The van der Waals surface area contributed by atoms with Gasteiger partial charge in [0, 0.05) is 28.7 Å². The van der Waals surface area contributed by atoms with Gasteiger partial charge in [0.05, 0.1) is 13.0 Å². The minimum atomic E-state index is -3.22. The second-order valence-corrected chi connectivity index (χ2v) is 13.4. The van der Waals surface area contributed by atoms with Crippen LogP contribution < -0.4 is 14.2 Å². The lowest BCUT2D eigenvalue weighted by Gasteiger charge is -2.15. The quantitative estimate of drug-likeness (QED) is 0.228. The Morgan fingerprint density at radius 3 is 2.42 bits per heavy atom. The average Bonchev–Trinajstić information content (AvgIpc) is 3.53. The number of hydrogen-bond donors (Lipinski definition) is 1. The highest BCUT2D eigenvalue weighted by Crippen LogP contribution is 2.38. The van der Waals surface area contributed by atoms with Crippen LogP contribution in [0.25, 0.3) is 11.1 Å². The molecule has 1 unspecified atom stereocenters. The number of carboxylic acids is 1. The molecule has 0 fully saturated rings. The van der Waals surface area contributed by atoms with E-state index in [1.807, 2.05) is 56.3 Å². The zero-order valence-electron chi connectivity index (χ0n) is 22.5. The van der Waals surface area contributed by atoms with Crippen molar-refractivity contribution in [3.8, 4) is 28.4 Å². The highest BCUT2D eigenvalue weighted by Gasteiger charge is 2.26. The van der Waals surface area contributed by atoms with Crippen LogP contribution in [-0.4, -0.2) is 32.4 Å². The first-order valence-electron chi connectivity index (χ1n) is 12.8. The maximum Gasteiger partial charge on any atom is 0.304 e. The molecule has 1 aromatic heterocycles.